The van der Waals surface area contributed by atoms with Crippen molar-refractivity contribution < 1.29 is 15.5 Å². The molecule has 0 unspecified atom stereocenters. The normalized spacial score (nSPS) is 16.3. The summed E-state index contributed by atoms with van der Waals surface area (Å²) in [6.07, 6.45) is 0. The summed E-state index contributed by atoms with van der Waals surface area (Å²) in [5.74, 6) is 0. The van der Waals surface area contributed by atoms with Crippen LogP contribution in [0.4, 0.5) is 0 Å². The van der Waals surface area contributed by atoms with E-state index in [-0.39, 0.29) is 17.1 Å². The van der Waals surface area contributed by atoms with Gasteiger partial charge in [-0.05, 0) is 24.4 Å². The molecule has 0 atom stereocenters. The highest BCUT2D eigenvalue weighted by Gasteiger charge is 2.13. The van der Waals surface area contributed by atoms with Crippen molar-refractivity contribution in [2.45, 2.75) is 6.85 Å². The molecule has 0 radical (unpaired) electrons. The quantitative estimate of drug-likeness (QED) is 0.672. The lowest BCUT2D eigenvalue weighted by Gasteiger charge is -2.03. The summed E-state index contributed by atoms with van der Waals surface area (Å²) in [5, 5.41) is 18.1. The van der Waals surface area contributed by atoms with Crippen molar-refractivity contribution in [2.75, 3.05) is 0 Å². The SMILES string of the molecule is [2H]c1c(Br)ccc(C([2H])([2H])[2H])c1B(O)O. The van der Waals surface area contributed by atoms with E-state index < -0.39 is 14.0 Å². The molecular formula is C7H8BBrO2. The van der Waals surface area contributed by atoms with E-state index in [1.165, 1.54) is 12.1 Å². The molecule has 0 aromatic heterocycles. The van der Waals surface area contributed by atoms with E-state index in [1.54, 1.807) is 0 Å². The summed E-state index contributed by atoms with van der Waals surface area (Å²) in [4.78, 5) is 0. The minimum Gasteiger partial charge on any atom is -0.423 e. The molecule has 1 aromatic carbocycles. The molecule has 4 heteroatoms. The van der Waals surface area contributed by atoms with Gasteiger partial charge >= 0.3 is 7.12 Å². The zero-order valence-corrected chi connectivity index (χ0v) is 7.09. The van der Waals surface area contributed by atoms with Crippen LogP contribution < -0.4 is 5.46 Å². The third-order valence-corrected chi connectivity index (χ3v) is 1.66. The molecule has 58 valence electrons. The van der Waals surface area contributed by atoms with Crippen LogP contribution in [-0.2, 0) is 0 Å². The molecule has 0 fully saturated rings. The summed E-state index contributed by atoms with van der Waals surface area (Å²) in [6.45, 7) is -2.46. The van der Waals surface area contributed by atoms with Crippen LogP contribution in [0.5, 0.6) is 0 Å². The maximum absolute atomic E-state index is 9.04. The third kappa shape index (κ3) is 2.05. The average Bonchev–Trinajstić information content (AvgIpc) is 2.06. The molecule has 0 aliphatic rings. The van der Waals surface area contributed by atoms with Gasteiger partial charge in [-0.3, -0.25) is 0 Å². The average molecular weight is 219 g/mol. The van der Waals surface area contributed by atoms with E-state index in [9.17, 15) is 0 Å². The van der Waals surface area contributed by atoms with Crippen molar-refractivity contribution in [1.29, 1.82) is 0 Å². The van der Waals surface area contributed by atoms with E-state index in [2.05, 4.69) is 15.9 Å². The van der Waals surface area contributed by atoms with Crippen molar-refractivity contribution >= 4 is 28.5 Å². The maximum Gasteiger partial charge on any atom is 0.488 e. The lowest BCUT2D eigenvalue weighted by atomic mass is 9.77. The van der Waals surface area contributed by atoms with Crippen molar-refractivity contribution in [3.63, 3.8) is 0 Å². The molecule has 0 heterocycles. The Morgan fingerprint density at radius 3 is 2.91 bits per heavy atom. The van der Waals surface area contributed by atoms with Crippen LogP contribution in [0.3, 0.4) is 0 Å². The highest BCUT2D eigenvalue weighted by Crippen LogP contribution is 2.08. The Hall–Kier alpha value is -0.315. The molecule has 0 amide bonds. The van der Waals surface area contributed by atoms with Crippen molar-refractivity contribution in [1.82, 2.24) is 0 Å². The molecule has 1 rings (SSSR count). The van der Waals surface area contributed by atoms with Gasteiger partial charge in [-0.1, -0.05) is 27.6 Å². The largest absolute Gasteiger partial charge is 0.488 e. The van der Waals surface area contributed by atoms with Crippen molar-refractivity contribution in [3.8, 4) is 0 Å². The van der Waals surface area contributed by atoms with Gasteiger partial charge in [0.25, 0.3) is 0 Å². The Balaban J connectivity index is 3.47. The first-order valence-corrected chi connectivity index (χ1v) is 3.70. The van der Waals surface area contributed by atoms with Gasteiger partial charge in [-0.2, -0.15) is 0 Å². The Bertz CT molecular complexity index is 380. The zero-order chi connectivity index (χ0) is 11.8. The monoisotopic (exact) mass is 218 g/mol. The Morgan fingerprint density at radius 1 is 1.64 bits per heavy atom. The molecule has 0 bridgehead atoms. The van der Waals surface area contributed by atoms with Gasteiger partial charge in [-0.15, -0.1) is 0 Å². The van der Waals surface area contributed by atoms with Gasteiger partial charge in [0, 0.05) is 8.58 Å². The van der Waals surface area contributed by atoms with Crippen molar-refractivity contribution in [2.24, 2.45) is 0 Å². The van der Waals surface area contributed by atoms with E-state index >= 15 is 0 Å². The number of hydrogen-bond acceptors (Lipinski definition) is 2. The van der Waals surface area contributed by atoms with Gasteiger partial charge < -0.3 is 10.0 Å². The van der Waals surface area contributed by atoms with E-state index in [0.29, 0.717) is 4.47 Å². The second-order valence-corrected chi connectivity index (χ2v) is 2.86. The predicted molar refractivity (Wildman–Crippen MR) is 48.7 cm³/mol. The van der Waals surface area contributed by atoms with Gasteiger partial charge in [0.1, 0.15) is 0 Å². The number of benzene rings is 1. The maximum atomic E-state index is 9.04. The minimum absolute atomic E-state index is 0.217. The molecule has 1 aromatic rings. The standard InChI is InChI=1S/C7H8BBrO2/c1-5-2-3-6(9)4-7(5)8(10)11/h2-4,10-11H,1H3/i1D3,4D. The number of halogens is 1. The Kier molecular flexibility index (Phi) is 1.43. The predicted octanol–water partition coefficient (Wildman–Crippen LogP) is 0.437. The first-order valence-electron chi connectivity index (χ1n) is 4.90. The van der Waals surface area contributed by atoms with Gasteiger partial charge in [0.05, 0.1) is 1.37 Å². The zero-order valence-electron chi connectivity index (χ0n) is 9.50. The molecule has 2 N–H and O–H groups in total. The third-order valence-electron chi connectivity index (χ3n) is 1.20. The number of rotatable bonds is 1. The molecule has 0 saturated heterocycles. The first-order chi connectivity index (χ1) is 6.75. The number of hydrogen-bond donors (Lipinski definition) is 2. The Morgan fingerprint density at radius 2 is 2.36 bits per heavy atom. The lowest BCUT2D eigenvalue weighted by Crippen LogP contribution is -2.31. The summed E-state index contributed by atoms with van der Waals surface area (Å²) < 4.78 is 29.4. The highest BCUT2D eigenvalue weighted by atomic mass is 79.9. The van der Waals surface area contributed by atoms with Crippen LogP contribution in [0.2, 0.25) is 0 Å². The second-order valence-electron chi connectivity index (χ2n) is 2.01. The molecule has 11 heavy (non-hydrogen) atoms. The fourth-order valence-corrected chi connectivity index (χ4v) is 1.03. The summed E-state index contributed by atoms with van der Waals surface area (Å²) in [5.41, 5.74) is -0.505. The van der Waals surface area contributed by atoms with Gasteiger partial charge in [0.2, 0.25) is 0 Å². The first kappa shape index (κ1) is 4.65. The molecule has 0 spiro atoms. The molecule has 2 nitrogen and oxygen atoms in total. The minimum atomic E-state index is -2.46. The molecule has 0 aliphatic carbocycles. The van der Waals surface area contributed by atoms with Crippen LogP contribution in [0, 0.1) is 6.85 Å². The van der Waals surface area contributed by atoms with Crippen molar-refractivity contribution in [3.05, 3.63) is 28.2 Å². The van der Waals surface area contributed by atoms with Crippen LogP contribution in [-0.4, -0.2) is 17.2 Å². The van der Waals surface area contributed by atoms with Crippen LogP contribution >= 0.6 is 15.9 Å². The molecule has 0 saturated carbocycles. The topological polar surface area (TPSA) is 40.5 Å². The molecular weight excluding hydrogens is 207 g/mol. The van der Waals surface area contributed by atoms with E-state index in [1.807, 2.05) is 0 Å². The van der Waals surface area contributed by atoms with Crippen LogP contribution in [0.25, 0.3) is 0 Å². The number of aryl methyl sites for hydroxylation is 1. The van der Waals surface area contributed by atoms with Crippen LogP contribution in [0.1, 0.15) is 11.0 Å². The van der Waals surface area contributed by atoms with Crippen LogP contribution in [0.15, 0.2) is 22.6 Å². The fraction of sp³-hybridized carbons (Fsp3) is 0.143. The smallest absolute Gasteiger partial charge is 0.423 e. The van der Waals surface area contributed by atoms with E-state index in [0.717, 1.165) is 0 Å². The summed E-state index contributed by atoms with van der Waals surface area (Å²) >= 11 is 3.02. The second kappa shape index (κ2) is 3.39. The Labute approximate surface area is 79.8 Å². The molecule has 0 aliphatic heterocycles. The summed E-state index contributed by atoms with van der Waals surface area (Å²) in [7, 11) is -1.97. The lowest BCUT2D eigenvalue weighted by molar-refractivity contribution is 0.425. The van der Waals surface area contributed by atoms with Gasteiger partial charge in [-0.25, -0.2) is 0 Å². The fourth-order valence-electron chi connectivity index (χ4n) is 0.688. The summed E-state index contributed by atoms with van der Waals surface area (Å²) in [6, 6.07) is 2.43. The van der Waals surface area contributed by atoms with Gasteiger partial charge in [0.15, 0.2) is 0 Å². The van der Waals surface area contributed by atoms with E-state index in [4.69, 9.17) is 15.5 Å². The highest BCUT2D eigenvalue weighted by molar-refractivity contribution is 9.10.